The van der Waals surface area contributed by atoms with E-state index >= 15 is 0 Å². The molecule has 0 aliphatic carbocycles. The van der Waals surface area contributed by atoms with Crippen LogP contribution in [0.1, 0.15) is 0 Å². The highest BCUT2D eigenvalue weighted by molar-refractivity contribution is 14.1. The summed E-state index contributed by atoms with van der Waals surface area (Å²) in [6.07, 6.45) is 3.30. The third kappa shape index (κ3) is 1.20. The Morgan fingerprint density at radius 2 is 2.33 bits per heavy atom. The number of halogens is 2. The largest absolute Gasteiger partial charge is 0.274 e. The minimum atomic E-state index is 0.370. The van der Waals surface area contributed by atoms with Crippen molar-refractivity contribution in [2.45, 2.75) is 0 Å². The van der Waals surface area contributed by atoms with E-state index in [0.717, 1.165) is 9.22 Å². The SMILES string of the molecule is [B]c1cn2c(Cl)ncc(I)c2n1. The van der Waals surface area contributed by atoms with Gasteiger partial charge in [0.25, 0.3) is 0 Å². The van der Waals surface area contributed by atoms with Crippen molar-refractivity contribution in [2.75, 3.05) is 0 Å². The summed E-state index contributed by atoms with van der Waals surface area (Å²) in [7, 11) is 5.51. The van der Waals surface area contributed by atoms with Crippen molar-refractivity contribution in [3.05, 3.63) is 21.2 Å². The molecule has 2 aromatic rings. The monoisotopic (exact) mass is 289 g/mol. The van der Waals surface area contributed by atoms with Crippen molar-refractivity contribution in [2.24, 2.45) is 0 Å². The lowest BCUT2D eigenvalue weighted by Crippen LogP contribution is -2.00. The smallest absolute Gasteiger partial charge is 0.208 e. The van der Waals surface area contributed by atoms with Crippen molar-refractivity contribution < 1.29 is 0 Å². The van der Waals surface area contributed by atoms with E-state index in [0.29, 0.717) is 10.9 Å². The van der Waals surface area contributed by atoms with Crippen LogP contribution in [0.3, 0.4) is 0 Å². The lowest BCUT2D eigenvalue weighted by Gasteiger charge is -1.96. The average Bonchev–Trinajstić information content (AvgIpc) is 2.41. The highest BCUT2D eigenvalue weighted by Gasteiger charge is 2.05. The van der Waals surface area contributed by atoms with Gasteiger partial charge in [-0.1, -0.05) is 0 Å². The molecule has 0 N–H and O–H groups in total. The molecule has 0 fully saturated rings. The fourth-order valence-corrected chi connectivity index (χ4v) is 1.63. The molecule has 12 heavy (non-hydrogen) atoms. The van der Waals surface area contributed by atoms with Crippen molar-refractivity contribution in [3.63, 3.8) is 0 Å². The van der Waals surface area contributed by atoms with Crippen molar-refractivity contribution in [3.8, 4) is 0 Å². The van der Waals surface area contributed by atoms with Gasteiger partial charge in [-0.2, -0.15) is 0 Å². The number of nitrogens with zero attached hydrogens (tertiary/aromatic N) is 3. The van der Waals surface area contributed by atoms with Gasteiger partial charge >= 0.3 is 0 Å². The van der Waals surface area contributed by atoms with Crippen LogP contribution in [0, 0.1) is 3.57 Å². The second-order valence-electron chi connectivity index (χ2n) is 2.23. The Hall–Kier alpha value is -0.295. The molecule has 6 heteroatoms. The fourth-order valence-electron chi connectivity index (χ4n) is 0.937. The molecule has 0 aliphatic rings. The molecule has 0 spiro atoms. The highest BCUT2D eigenvalue weighted by Crippen LogP contribution is 2.13. The van der Waals surface area contributed by atoms with Gasteiger partial charge in [-0.3, -0.25) is 4.40 Å². The molecular formula is C6H2BClIN3. The molecule has 2 aromatic heterocycles. The summed E-state index contributed by atoms with van der Waals surface area (Å²) < 4.78 is 2.58. The fraction of sp³-hybridized carbons (Fsp3) is 0. The number of hydrogen-bond acceptors (Lipinski definition) is 2. The van der Waals surface area contributed by atoms with Crippen LogP contribution in [0.2, 0.25) is 5.28 Å². The maximum absolute atomic E-state index is 5.80. The Kier molecular flexibility index (Phi) is 2.00. The predicted molar refractivity (Wildman–Crippen MR) is 56.1 cm³/mol. The van der Waals surface area contributed by atoms with Gasteiger partial charge in [0.05, 0.1) is 3.57 Å². The Morgan fingerprint density at radius 3 is 3.00 bits per heavy atom. The van der Waals surface area contributed by atoms with Crippen LogP contribution in [-0.4, -0.2) is 22.2 Å². The second-order valence-corrected chi connectivity index (χ2v) is 3.73. The number of rotatable bonds is 0. The Labute approximate surface area is 88.7 Å². The lowest BCUT2D eigenvalue weighted by atomic mass is 10.1. The van der Waals surface area contributed by atoms with Crippen LogP contribution >= 0.6 is 34.2 Å². The minimum absolute atomic E-state index is 0.370. The molecule has 2 heterocycles. The number of aromatic nitrogens is 3. The molecule has 0 unspecified atom stereocenters. The van der Waals surface area contributed by atoms with E-state index in [9.17, 15) is 0 Å². The van der Waals surface area contributed by atoms with E-state index in [-0.39, 0.29) is 0 Å². The van der Waals surface area contributed by atoms with E-state index in [4.69, 9.17) is 19.4 Å². The van der Waals surface area contributed by atoms with Crippen LogP contribution in [0.15, 0.2) is 12.4 Å². The number of imidazole rings is 1. The molecule has 0 atom stereocenters. The molecule has 0 aliphatic heterocycles. The van der Waals surface area contributed by atoms with E-state index in [1.54, 1.807) is 16.8 Å². The van der Waals surface area contributed by atoms with Crippen LogP contribution < -0.4 is 5.59 Å². The molecule has 3 nitrogen and oxygen atoms in total. The van der Waals surface area contributed by atoms with Gasteiger partial charge in [-0.15, -0.1) is 0 Å². The van der Waals surface area contributed by atoms with E-state index in [2.05, 4.69) is 32.6 Å². The molecule has 2 rings (SSSR count). The van der Waals surface area contributed by atoms with Gasteiger partial charge in [-0.05, 0) is 34.2 Å². The van der Waals surface area contributed by atoms with Crippen LogP contribution in [0.25, 0.3) is 5.65 Å². The molecule has 2 radical (unpaired) electrons. The van der Waals surface area contributed by atoms with Crippen LogP contribution in [-0.2, 0) is 0 Å². The second kappa shape index (κ2) is 2.88. The van der Waals surface area contributed by atoms with E-state index < -0.39 is 0 Å². The number of hydrogen-bond donors (Lipinski definition) is 0. The summed E-state index contributed by atoms with van der Waals surface area (Å²) in [5.74, 6) is 0. The summed E-state index contributed by atoms with van der Waals surface area (Å²) in [5, 5.41) is 0.370. The van der Waals surface area contributed by atoms with Gasteiger partial charge < -0.3 is 0 Å². The Balaban J connectivity index is 2.93. The van der Waals surface area contributed by atoms with E-state index in [1.165, 1.54) is 0 Å². The van der Waals surface area contributed by atoms with E-state index in [1.807, 2.05) is 0 Å². The molecule has 0 amide bonds. The Morgan fingerprint density at radius 1 is 1.58 bits per heavy atom. The lowest BCUT2D eigenvalue weighted by molar-refractivity contribution is 1.08. The van der Waals surface area contributed by atoms with Gasteiger partial charge in [0, 0.05) is 18.0 Å². The topological polar surface area (TPSA) is 30.2 Å². The van der Waals surface area contributed by atoms with Gasteiger partial charge in [-0.25, -0.2) is 9.97 Å². The molecular weight excluding hydrogens is 287 g/mol. The van der Waals surface area contributed by atoms with Crippen molar-refractivity contribution in [1.82, 2.24) is 14.4 Å². The van der Waals surface area contributed by atoms with Gasteiger partial charge in [0.15, 0.2) is 5.65 Å². The predicted octanol–water partition coefficient (Wildman–Crippen LogP) is 0.781. The van der Waals surface area contributed by atoms with Crippen LogP contribution in [0.5, 0.6) is 0 Å². The first-order valence-electron chi connectivity index (χ1n) is 3.13. The molecule has 58 valence electrons. The zero-order valence-corrected chi connectivity index (χ0v) is 8.74. The van der Waals surface area contributed by atoms with Crippen LogP contribution in [0.4, 0.5) is 0 Å². The van der Waals surface area contributed by atoms with Crippen molar-refractivity contribution in [1.29, 1.82) is 0 Å². The standard InChI is InChI=1S/C6H2BClIN3/c7-4-2-12-5(11-4)3(9)1-10-6(12)8/h1-2H. The quantitative estimate of drug-likeness (QED) is 0.408. The third-order valence-corrected chi connectivity index (χ3v) is 2.46. The molecule has 0 saturated carbocycles. The normalized spacial score (nSPS) is 10.8. The first-order valence-corrected chi connectivity index (χ1v) is 4.59. The maximum atomic E-state index is 5.80. The summed E-state index contributed by atoms with van der Waals surface area (Å²) in [4.78, 5) is 8.03. The summed E-state index contributed by atoms with van der Waals surface area (Å²) in [6.45, 7) is 0. The molecule has 0 saturated heterocycles. The Bertz CT molecular complexity index is 403. The summed E-state index contributed by atoms with van der Waals surface area (Å²) in [5.41, 5.74) is 1.19. The van der Waals surface area contributed by atoms with Gasteiger partial charge in [0.1, 0.15) is 7.85 Å². The van der Waals surface area contributed by atoms with Crippen molar-refractivity contribution >= 4 is 53.3 Å². The zero-order chi connectivity index (χ0) is 8.72. The summed E-state index contributed by atoms with van der Waals surface area (Å²) >= 11 is 7.92. The number of fused-ring (bicyclic) bond motifs is 1. The third-order valence-electron chi connectivity index (χ3n) is 1.42. The first kappa shape index (κ1) is 8.31. The zero-order valence-electron chi connectivity index (χ0n) is 5.83. The molecule has 0 aromatic carbocycles. The van der Waals surface area contributed by atoms with Gasteiger partial charge in [0.2, 0.25) is 5.28 Å². The average molecular weight is 289 g/mol. The first-order chi connectivity index (χ1) is 5.68. The highest BCUT2D eigenvalue weighted by atomic mass is 127. The minimum Gasteiger partial charge on any atom is -0.274 e. The summed E-state index contributed by atoms with van der Waals surface area (Å²) in [6, 6.07) is 0. The molecule has 0 bridgehead atoms. The maximum Gasteiger partial charge on any atom is 0.208 e.